The molecule has 5 rings (SSSR count). The topological polar surface area (TPSA) is 80.5 Å². The van der Waals surface area contributed by atoms with Crippen molar-refractivity contribution in [3.05, 3.63) is 40.8 Å². The lowest BCUT2D eigenvalue weighted by Crippen LogP contribution is -2.36. The molecule has 3 aromatic rings. The summed E-state index contributed by atoms with van der Waals surface area (Å²) < 4.78 is 11.3. The molecule has 1 fully saturated rings. The van der Waals surface area contributed by atoms with Gasteiger partial charge in [-0.3, -0.25) is 4.79 Å². The molecule has 33 heavy (non-hydrogen) atoms. The summed E-state index contributed by atoms with van der Waals surface area (Å²) in [7, 11) is 0. The van der Waals surface area contributed by atoms with Crippen LogP contribution in [0.3, 0.4) is 0 Å². The summed E-state index contributed by atoms with van der Waals surface area (Å²) in [5, 5.41) is 11.4. The van der Waals surface area contributed by atoms with E-state index in [0.29, 0.717) is 11.1 Å². The van der Waals surface area contributed by atoms with E-state index in [-0.39, 0.29) is 11.2 Å². The first-order valence-electron chi connectivity index (χ1n) is 11.4. The Bertz CT molecular complexity index is 1110. The summed E-state index contributed by atoms with van der Waals surface area (Å²) in [5.41, 5.74) is 3.32. The minimum absolute atomic E-state index is 0.0977. The highest BCUT2D eigenvalue weighted by Gasteiger charge is 2.23. The number of rotatable bonds is 6. The lowest BCUT2D eigenvalue weighted by Gasteiger charge is -2.28. The molecular weight excluding hydrogens is 456 g/mol. The number of carbonyl (C=O) groups is 1. The second-order valence-electron chi connectivity index (χ2n) is 8.68. The fourth-order valence-electron chi connectivity index (χ4n) is 4.19. The van der Waals surface area contributed by atoms with Crippen molar-refractivity contribution in [1.82, 2.24) is 10.2 Å². The Morgan fingerprint density at radius 2 is 2.03 bits per heavy atom. The Labute approximate surface area is 201 Å². The molecule has 2 aliphatic rings. The van der Waals surface area contributed by atoms with Crippen molar-refractivity contribution in [2.75, 3.05) is 36.5 Å². The largest absolute Gasteiger partial charge is 0.410 e. The SMILES string of the molecule is C[C@@H]1CCc2sc(-c3nnc(S[C@@H](C)C(=O)Nc4ccc(N5CCOCC5)cc4)o3)cc2C1. The van der Waals surface area contributed by atoms with Gasteiger partial charge in [-0.2, -0.15) is 0 Å². The van der Waals surface area contributed by atoms with Crippen LogP contribution in [0.25, 0.3) is 10.8 Å². The molecule has 1 N–H and O–H groups in total. The molecule has 3 heterocycles. The molecule has 0 unspecified atom stereocenters. The molecule has 1 saturated heterocycles. The van der Waals surface area contributed by atoms with E-state index >= 15 is 0 Å². The Balaban J connectivity index is 1.17. The number of carbonyl (C=O) groups excluding carboxylic acids is 1. The number of fused-ring (bicyclic) bond motifs is 1. The van der Waals surface area contributed by atoms with Gasteiger partial charge in [-0.05, 0) is 68.0 Å². The van der Waals surface area contributed by atoms with Crippen LogP contribution >= 0.6 is 23.1 Å². The summed E-state index contributed by atoms with van der Waals surface area (Å²) in [6.45, 7) is 7.42. The zero-order valence-electron chi connectivity index (χ0n) is 18.9. The van der Waals surface area contributed by atoms with Gasteiger partial charge in [0.05, 0.1) is 23.3 Å². The van der Waals surface area contributed by atoms with E-state index in [4.69, 9.17) is 9.15 Å². The van der Waals surface area contributed by atoms with Crippen LogP contribution < -0.4 is 10.2 Å². The van der Waals surface area contributed by atoms with E-state index in [0.717, 1.165) is 61.3 Å². The second-order valence-corrected chi connectivity index (χ2v) is 11.1. The van der Waals surface area contributed by atoms with Crippen LogP contribution in [0.4, 0.5) is 11.4 Å². The van der Waals surface area contributed by atoms with Crippen molar-refractivity contribution in [2.45, 2.75) is 43.6 Å². The van der Waals surface area contributed by atoms with E-state index in [1.807, 2.05) is 31.2 Å². The van der Waals surface area contributed by atoms with Crippen molar-refractivity contribution >= 4 is 40.4 Å². The average Bonchev–Trinajstić information content (AvgIpc) is 3.46. The van der Waals surface area contributed by atoms with Crippen molar-refractivity contribution < 1.29 is 13.9 Å². The van der Waals surface area contributed by atoms with Crippen LogP contribution in [0, 0.1) is 5.92 Å². The monoisotopic (exact) mass is 484 g/mol. The molecular formula is C24H28N4O3S2. The number of ether oxygens (including phenoxy) is 1. The number of hydrogen-bond acceptors (Lipinski definition) is 8. The highest BCUT2D eigenvalue weighted by molar-refractivity contribution is 8.00. The van der Waals surface area contributed by atoms with Gasteiger partial charge in [0.1, 0.15) is 0 Å². The molecule has 0 radical (unpaired) electrons. The number of nitrogens with one attached hydrogen (secondary N) is 1. The molecule has 174 valence electrons. The fourth-order valence-corrected chi connectivity index (χ4v) is 6.01. The lowest BCUT2D eigenvalue weighted by atomic mass is 9.90. The minimum atomic E-state index is -0.366. The Hall–Kier alpha value is -2.36. The van der Waals surface area contributed by atoms with E-state index in [9.17, 15) is 4.79 Å². The molecule has 2 atom stereocenters. The first kappa shape index (κ1) is 22.4. The maximum atomic E-state index is 12.7. The number of benzene rings is 1. The molecule has 1 aliphatic carbocycles. The third kappa shape index (κ3) is 5.26. The van der Waals surface area contributed by atoms with Crippen LogP contribution in [-0.2, 0) is 22.4 Å². The molecule has 1 amide bonds. The number of amides is 1. The fraction of sp³-hybridized carbons (Fsp3) is 0.458. The Morgan fingerprint density at radius 1 is 1.24 bits per heavy atom. The number of aromatic nitrogens is 2. The quantitative estimate of drug-likeness (QED) is 0.500. The summed E-state index contributed by atoms with van der Waals surface area (Å²) >= 11 is 3.02. The standard InChI is InChI=1S/C24H28N4O3S2/c1-15-3-8-20-17(13-15)14-21(33-20)23-26-27-24(31-23)32-16(2)22(29)25-18-4-6-19(7-5-18)28-9-11-30-12-10-28/h4-7,14-16H,3,8-13H2,1-2H3,(H,25,29)/t15-,16+/m1/s1. The summed E-state index contributed by atoms with van der Waals surface area (Å²) in [5.74, 6) is 1.17. The maximum absolute atomic E-state index is 12.7. The average molecular weight is 485 g/mol. The van der Waals surface area contributed by atoms with Gasteiger partial charge in [0.25, 0.3) is 11.1 Å². The normalized spacial score (nSPS) is 19.2. The number of nitrogens with zero attached hydrogens (tertiary/aromatic N) is 3. The number of hydrogen-bond donors (Lipinski definition) is 1. The molecule has 0 bridgehead atoms. The molecule has 0 spiro atoms. The minimum Gasteiger partial charge on any atom is -0.410 e. The summed E-state index contributed by atoms with van der Waals surface area (Å²) in [6.07, 6.45) is 3.48. The number of thiophene rings is 1. The van der Waals surface area contributed by atoms with Crippen LogP contribution in [-0.4, -0.2) is 47.7 Å². The zero-order chi connectivity index (χ0) is 22.8. The lowest BCUT2D eigenvalue weighted by molar-refractivity contribution is -0.115. The zero-order valence-corrected chi connectivity index (χ0v) is 20.5. The van der Waals surface area contributed by atoms with Crippen molar-refractivity contribution in [3.8, 4) is 10.8 Å². The maximum Gasteiger partial charge on any atom is 0.277 e. The van der Waals surface area contributed by atoms with E-state index in [2.05, 4.69) is 33.4 Å². The molecule has 1 aliphatic heterocycles. The van der Waals surface area contributed by atoms with Gasteiger partial charge in [0.2, 0.25) is 5.91 Å². The first-order chi connectivity index (χ1) is 16.0. The Kier molecular flexibility index (Phi) is 6.71. The molecule has 0 saturated carbocycles. The van der Waals surface area contributed by atoms with Crippen molar-refractivity contribution in [3.63, 3.8) is 0 Å². The third-order valence-electron chi connectivity index (χ3n) is 6.10. The number of aryl methyl sites for hydroxylation is 1. The van der Waals surface area contributed by atoms with Crippen LogP contribution in [0.2, 0.25) is 0 Å². The predicted molar refractivity (Wildman–Crippen MR) is 132 cm³/mol. The summed E-state index contributed by atoms with van der Waals surface area (Å²) in [4.78, 5) is 17.4. The molecule has 2 aromatic heterocycles. The summed E-state index contributed by atoms with van der Waals surface area (Å²) in [6, 6.07) is 10.1. The van der Waals surface area contributed by atoms with Crippen LogP contribution in [0.1, 0.15) is 30.7 Å². The van der Waals surface area contributed by atoms with Crippen molar-refractivity contribution in [2.24, 2.45) is 5.92 Å². The van der Waals surface area contributed by atoms with Gasteiger partial charge >= 0.3 is 0 Å². The number of anilines is 2. The Morgan fingerprint density at radius 3 is 2.82 bits per heavy atom. The predicted octanol–water partition coefficient (Wildman–Crippen LogP) is 4.88. The van der Waals surface area contributed by atoms with Crippen molar-refractivity contribution in [1.29, 1.82) is 0 Å². The first-order valence-corrected chi connectivity index (χ1v) is 13.1. The van der Waals surface area contributed by atoms with Gasteiger partial charge in [0, 0.05) is 29.3 Å². The number of thioether (sulfide) groups is 1. The van der Waals surface area contributed by atoms with Gasteiger partial charge in [-0.15, -0.1) is 21.5 Å². The molecule has 7 nitrogen and oxygen atoms in total. The van der Waals surface area contributed by atoms with Crippen LogP contribution in [0.5, 0.6) is 0 Å². The van der Waals surface area contributed by atoms with Gasteiger partial charge in [-0.25, -0.2) is 0 Å². The van der Waals surface area contributed by atoms with Crippen LogP contribution in [0.15, 0.2) is 40.0 Å². The highest BCUT2D eigenvalue weighted by atomic mass is 32.2. The van der Waals surface area contributed by atoms with E-state index < -0.39 is 0 Å². The van der Waals surface area contributed by atoms with E-state index in [1.165, 1.54) is 28.6 Å². The van der Waals surface area contributed by atoms with Gasteiger partial charge in [0.15, 0.2) is 0 Å². The molecule has 1 aromatic carbocycles. The third-order valence-corrected chi connectivity index (χ3v) is 8.26. The smallest absolute Gasteiger partial charge is 0.277 e. The van der Waals surface area contributed by atoms with Gasteiger partial charge < -0.3 is 19.4 Å². The highest BCUT2D eigenvalue weighted by Crippen LogP contribution is 2.37. The van der Waals surface area contributed by atoms with Gasteiger partial charge in [-0.1, -0.05) is 18.7 Å². The second kappa shape index (κ2) is 9.87. The number of morpholine rings is 1. The molecule has 9 heteroatoms. The van der Waals surface area contributed by atoms with E-state index in [1.54, 1.807) is 11.3 Å².